The molecule has 15 heavy (non-hydrogen) atoms. The number of aromatic nitrogens is 1. The number of hydrogen-bond acceptors (Lipinski definition) is 1. The SMILES string of the molecule is CCC(CC1CC1)NCc1ccn(C)c1. The quantitative estimate of drug-likeness (QED) is 0.757. The molecular weight excluding hydrogens is 184 g/mol. The largest absolute Gasteiger partial charge is 0.357 e. The van der Waals surface area contributed by atoms with Gasteiger partial charge in [0.25, 0.3) is 0 Å². The highest BCUT2D eigenvalue weighted by Crippen LogP contribution is 2.34. The fraction of sp³-hybridized carbons (Fsp3) is 0.692. The molecular formula is C13H22N2. The standard InChI is InChI=1S/C13H22N2/c1-3-13(8-11-4-5-11)14-9-12-6-7-15(2)10-12/h6-7,10-11,13-14H,3-5,8-9H2,1-2H3. The Balaban J connectivity index is 1.74. The van der Waals surface area contributed by atoms with Crippen LogP contribution in [-0.2, 0) is 13.6 Å². The average Bonchev–Trinajstić information content (AvgIpc) is 2.95. The molecule has 1 aromatic heterocycles. The highest BCUT2D eigenvalue weighted by molar-refractivity contribution is 5.09. The Morgan fingerprint density at radius 3 is 2.87 bits per heavy atom. The second-order valence-corrected chi connectivity index (χ2v) is 4.85. The Morgan fingerprint density at radius 1 is 1.53 bits per heavy atom. The van der Waals surface area contributed by atoms with Crippen LogP contribution in [0.2, 0.25) is 0 Å². The van der Waals surface area contributed by atoms with Crippen LogP contribution in [0.1, 0.15) is 38.2 Å². The molecule has 0 aliphatic heterocycles. The van der Waals surface area contributed by atoms with Crippen LogP contribution in [-0.4, -0.2) is 10.6 Å². The Hall–Kier alpha value is -0.760. The molecule has 1 aliphatic carbocycles. The van der Waals surface area contributed by atoms with Crippen molar-refractivity contribution in [1.29, 1.82) is 0 Å². The van der Waals surface area contributed by atoms with E-state index in [0.717, 1.165) is 18.5 Å². The predicted molar refractivity (Wildman–Crippen MR) is 63.7 cm³/mol. The van der Waals surface area contributed by atoms with Crippen molar-refractivity contribution in [1.82, 2.24) is 9.88 Å². The second-order valence-electron chi connectivity index (χ2n) is 4.85. The molecule has 0 aromatic carbocycles. The zero-order chi connectivity index (χ0) is 10.7. The van der Waals surface area contributed by atoms with Gasteiger partial charge in [-0.2, -0.15) is 0 Å². The summed E-state index contributed by atoms with van der Waals surface area (Å²) in [4.78, 5) is 0. The fourth-order valence-corrected chi connectivity index (χ4v) is 2.08. The molecule has 1 unspecified atom stereocenters. The smallest absolute Gasteiger partial charge is 0.0223 e. The van der Waals surface area contributed by atoms with E-state index in [1.165, 1.54) is 31.2 Å². The highest BCUT2D eigenvalue weighted by Gasteiger charge is 2.24. The van der Waals surface area contributed by atoms with E-state index < -0.39 is 0 Å². The van der Waals surface area contributed by atoms with Gasteiger partial charge in [0.05, 0.1) is 0 Å². The molecule has 1 fully saturated rings. The van der Waals surface area contributed by atoms with E-state index in [0.29, 0.717) is 0 Å². The first-order chi connectivity index (χ1) is 7.28. The van der Waals surface area contributed by atoms with Gasteiger partial charge in [-0.15, -0.1) is 0 Å². The lowest BCUT2D eigenvalue weighted by atomic mass is 10.1. The first-order valence-corrected chi connectivity index (χ1v) is 6.12. The van der Waals surface area contributed by atoms with Crippen molar-refractivity contribution in [3.8, 4) is 0 Å². The lowest BCUT2D eigenvalue weighted by Gasteiger charge is -2.15. The third kappa shape index (κ3) is 3.38. The van der Waals surface area contributed by atoms with E-state index in [-0.39, 0.29) is 0 Å². The number of nitrogens with zero attached hydrogens (tertiary/aromatic N) is 1. The molecule has 1 heterocycles. The van der Waals surface area contributed by atoms with Crippen molar-refractivity contribution < 1.29 is 0 Å². The molecule has 2 nitrogen and oxygen atoms in total. The molecule has 0 bridgehead atoms. The molecule has 0 saturated heterocycles. The van der Waals surface area contributed by atoms with Crippen LogP contribution >= 0.6 is 0 Å². The van der Waals surface area contributed by atoms with Gasteiger partial charge in [0.15, 0.2) is 0 Å². The van der Waals surface area contributed by atoms with Crippen LogP contribution in [0.15, 0.2) is 18.5 Å². The van der Waals surface area contributed by atoms with Gasteiger partial charge in [-0.25, -0.2) is 0 Å². The van der Waals surface area contributed by atoms with Crippen LogP contribution in [0.5, 0.6) is 0 Å². The van der Waals surface area contributed by atoms with Crippen LogP contribution in [0.3, 0.4) is 0 Å². The maximum absolute atomic E-state index is 3.66. The molecule has 1 atom stereocenters. The van der Waals surface area contributed by atoms with Crippen molar-refractivity contribution in [3.63, 3.8) is 0 Å². The van der Waals surface area contributed by atoms with E-state index in [4.69, 9.17) is 0 Å². The van der Waals surface area contributed by atoms with Crippen LogP contribution in [0.4, 0.5) is 0 Å². The van der Waals surface area contributed by atoms with Crippen molar-refractivity contribution in [2.24, 2.45) is 13.0 Å². The maximum atomic E-state index is 3.66. The van der Waals surface area contributed by atoms with E-state index in [2.05, 4.69) is 42.3 Å². The number of nitrogens with one attached hydrogen (secondary N) is 1. The molecule has 84 valence electrons. The second kappa shape index (κ2) is 4.84. The zero-order valence-electron chi connectivity index (χ0n) is 9.87. The summed E-state index contributed by atoms with van der Waals surface area (Å²) in [6.07, 6.45) is 9.86. The Labute approximate surface area is 92.7 Å². The summed E-state index contributed by atoms with van der Waals surface area (Å²) in [5.74, 6) is 1.03. The number of rotatable bonds is 6. The molecule has 1 aromatic rings. The van der Waals surface area contributed by atoms with Crippen molar-refractivity contribution >= 4 is 0 Å². The van der Waals surface area contributed by atoms with E-state index in [9.17, 15) is 0 Å². The topological polar surface area (TPSA) is 17.0 Å². The summed E-state index contributed by atoms with van der Waals surface area (Å²) in [7, 11) is 2.07. The number of hydrogen-bond donors (Lipinski definition) is 1. The summed E-state index contributed by atoms with van der Waals surface area (Å²) in [6.45, 7) is 3.30. The normalized spacial score (nSPS) is 18.0. The van der Waals surface area contributed by atoms with Crippen LogP contribution < -0.4 is 5.32 Å². The molecule has 2 rings (SSSR count). The zero-order valence-corrected chi connectivity index (χ0v) is 9.87. The summed E-state index contributed by atoms with van der Waals surface area (Å²) >= 11 is 0. The van der Waals surface area contributed by atoms with E-state index >= 15 is 0 Å². The molecule has 2 heteroatoms. The molecule has 0 amide bonds. The van der Waals surface area contributed by atoms with Crippen molar-refractivity contribution in [3.05, 3.63) is 24.0 Å². The first-order valence-electron chi connectivity index (χ1n) is 6.12. The monoisotopic (exact) mass is 206 g/mol. The van der Waals surface area contributed by atoms with E-state index in [1.807, 2.05) is 0 Å². The minimum atomic E-state index is 0.720. The molecule has 1 aliphatic rings. The fourth-order valence-electron chi connectivity index (χ4n) is 2.08. The molecule has 1 N–H and O–H groups in total. The van der Waals surface area contributed by atoms with Crippen LogP contribution in [0, 0.1) is 5.92 Å². The summed E-state index contributed by atoms with van der Waals surface area (Å²) < 4.78 is 2.11. The summed E-state index contributed by atoms with van der Waals surface area (Å²) in [5.41, 5.74) is 1.40. The van der Waals surface area contributed by atoms with Crippen molar-refractivity contribution in [2.75, 3.05) is 0 Å². The average molecular weight is 206 g/mol. The van der Waals surface area contributed by atoms with Gasteiger partial charge in [-0.05, 0) is 30.4 Å². The molecule has 0 radical (unpaired) electrons. The number of aryl methyl sites for hydroxylation is 1. The Morgan fingerprint density at radius 2 is 2.33 bits per heavy atom. The van der Waals surface area contributed by atoms with Gasteiger partial charge in [0, 0.05) is 32.0 Å². The lowest BCUT2D eigenvalue weighted by molar-refractivity contribution is 0.445. The van der Waals surface area contributed by atoms with Gasteiger partial charge >= 0.3 is 0 Å². The maximum Gasteiger partial charge on any atom is 0.0223 e. The predicted octanol–water partition coefficient (Wildman–Crippen LogP) is 2.69. The minimum Gasteiger partial charge on any atom is -0.357 e. The van der Waals surface area contributed by atoms with Crippen LogP contribution in [0.25, 0.3) is 0 Å². The van der Waals surface area contributed by atoms with E-state index in [1.54, 1.807) is 0 Å². The van der Waals surface area contributed by atoms with Gasteiger partial charge in [-0.1, -0.05) is 19.8 Å². The van der Waals surface area contributed by atoms with Gasteiger partial charge in [0.1, 0.15) is 0 Å². The Kier molecular flexibility index (Phi) is 3.47. The first kappa shape index (κ1) is 10.7. The lowest BCUT2D eigenvalue weighted by Crippen LogP contribution is -2.28. The van der Waals surface area contributed by atoms with Gasteiger partial charge in [0.2, 0.25) is 0 Å². The van der Waals surface area contributed by atoms with Gasteiger partial charge in [-0.3, -0.25) is 0 Å². The van der Waals surface area contributed by atoms with Crippen molar-refractivity contribution in [2.45, 2.75) is 45.2 Å². The minimum absolute atomic E-state index is 0.720. The molecule has 0 spiro atoms. The third-order valence-corrected chi connectivity index (χ3v) is 3.30. The summed E-state index contributed by atoms with van der Waals surface area (Å²) in [5, 5.41) is 3.66. The molecule has 1 saturated carbocycles. The highest BCUT2D eigenvalue weighted by atomic mass is 14.9. The third-order valence-electron chi connectivity index (χ3n) is 3.30. The Bertz CT molecular complexity index is 299. The summed E-state index contributed by atoms with van der Waals surface area (Å²) in [6, 6.07) is 2.91. The van der Waals surface area contributed by atoms with Gasteiger partial charge < -0.3 is 9.88 Å².